The predicted octanol–water partition coefficient (Wildman–Crippen LogP) is 2.52. The van der Waals surface area contributed by atoms with Crippen LogP contribution in [0.1, 0.15) is 31.8 Å². The van der Waals surface area contributed by atoms with Gasteiger partial charge in [0.25, 0.3) is 11.8 Å². The highest BCUT2D eigenvalue weighted by Gasteiger charge is 2.12. The number of hydrogen-bond acceptors (Lipinski definition) is 5. The Morgan fingerprint density at radius 2 is 1.29 bits per heavy atom. The summed E-state index contributed by atoms with van der Waals surface area (Å²) in [4.78, 5) is 29.0. The SMILES string of the molecule is Cc1cc(Cl)nc(Cl)c1C(N)=O.Cc1cc(Cl)nc(N)c1C(N)=O. The third-order valence-electron chi connectivity index (χ3n) is 2.85. The van der Waals surface area contributed by atoms with E-state index in [-0.39, 0.29) is 32.4 Å². The molecule has 0 spiro atoms. The normalized spacial score (nSPS) is 9.88. The van der Waals surface area contributed by atoms with Gasteiger partial charge >= 0.3 is 0 Å². The number of primary amides is 2. The molecule has 0 aliphatic rings. The molecule has 0 aliphatic carbocycles. The van der Waals surface area contributed by atoms with Crippen LogP contribution in [0.3, 0.4) is 0 Å². The Kier molecular flexibility index (Phi) is 6.77. The quantitative estimate of drug-likeness (QED) is 0.676. The lowest BCUT2D eigenvalue weighted by Crippen LogP contribution is -2.16. The van der Waals surface area contributed by atoms with Crippen molar-refractivity contribution in [1.29, 1.82) is 0 Å². The highest BCUT2D eigenvalue weighted by Crippen LogP contribution is 2.20. The molecule has 7 nitrogen and oxygen atoms in total. The second-order valence-electron chi connectivity index (χ2n) is 4.68. The van der Waals surface area contributed by atoms with Crippen molar-refractivity contribution < 1.29 is 9.59 Å². The van der Waals surface area contributed by atoms with Gasteiger partial charge < -0.3 is 17.2 Å². The molecule has 0 bridgehead atoms. The second kappa shape index (κ2) is 8.14. The largest absolute Gasteiger partial charge is 0.383 e. The molecule has 2 heterocycles. The molecule has 0 aromatic carbocycles. The number of nitrogens with zero attached hydrogens (tertiary/aromatic N) is 2. The number of nitrogen functional groups attached to an aromatic ring is 1. The highest BCUT2D eigenvalue weighted by atomic mass is 35.5. The molecule has 0 saturated heterocycles. The average Bonchev–Trinajstić information content (AvgIpc) is 2.35. The summed E-state index contributed by atoms with van der Waals surface area (Å²) < 4.78 is 0. The Hall–Kier alpha value is -2.09. The third-order valence-corrected chi connectivity index (χ3v) is 3.51. The summed E-state index contributed by atoms with van der Waals surface area (Å²) in [6.07, 6.45) is 0. The van der Waals surface area contributed by atoms with E-state index < -0.39 is 11.8 Å². The van der Waals surface area contributed by atoms with Crippen LogP contribution in [0, 0.1) is 13.8 Å². The van der Waals surface area contributed by atoms with E-state index >= 15 is 0 Å². The Bertz CT molecular complexity index is 697. The van der Waals surface area contributed by atoms with Gasteiger partial charge in [0.05, 0.1) is 11.1 Å². The fraction of sp³-hybridized carbons (Fsp3) is 0.143. The first-order valence-electron chi connectivity index (χ1n) is 6.39. The van der Waals surface area contributed by atoms with Gasteiger partial charge in [-0.25, -0.2) is 9.97 Å². The Labute approximate surface area is 153 Å². The van der Waals surface area contributed by atoms with E-state index in [2.05, 4.69) is 9.97 Å². The van der Waals surface area contributed by atoms with Gasteiger partial charge in [-0.3, -0.25) is 9.59 Å². The fourth-order valence-corrected chi connectivity index (χ4v) is 2.75. The summed E-state index contributed by atoms with van der Waals surface area (Å²) in [6.45, 7) is 3.39. The van der Waals surface area contributed by atoms with Gasteiger partial charge in [0, 0.05) is 0 Å². The van der Waals surface area contributed by atoms with E-state index in [0.717, 1.165) is 0 Å². The number of carbonyl (C=O) groups excluding carboxylic acids is 2. The van der Waals surface area contributed by atoms with Crippen LogP contribution in [-0.4, -0.2) is 21.8 Å². The van der Waals surface area contributed by atoms with Crippen molar-refractivity contribution >= 4 is 52.4 Å². The van der Waals surface area contributed by atoms with Crippen LogP contribution < -0.4 is 17.2 Å². The molecule has 10 heteroatoms. The zero-order valence-electron chi connectivity index (χ0n) is 12.7. The zero-order chi connectivity index (χ0) is 18.6. The molecular formula is C14H14Cl3N5O2. The highest BCUT2D eigenvalue weighted by molar-refractivity contribution is 6.34. The maximum atomic E-state index is 10.8. The maximum absolute atomic E-state index is 10.8. The third kappa shape index (κ3) is 4.95. The number of nitrogens with two attached hydrogens (primary N) is 3. The topological polar surface area (TPSA) is 138 Å². The van der Waals surface area contributed by atoms with E-state index in [1.165, 1.54) is 12.1 Å². The van der Waals surface area contributed by atoms with Crippen LogP contribution in [0.15, 0.2) is 12.1 Å². The van der Waals surface area contributed by atoms with E-state index in [4.69, 9.17) is 52.0 Å². The maximum Gasteiger partial charge on any atom is 0.252 e. The fourth-order valence-electron chi connectivity index (χ4n) is 1.87. The number of halogens is 3. The minimum Gasteiger partial charge on any atom is -0.383 e. The number of amides is 2. The van der Waals surface area contributed by atoms with E-state index in [1.54, 1.807) is 13.8 Å². The molecule has 128 valence electrons. The summed E-state index contributed by atoms with van der Waals surface area (Å²) >= 11 is 16.8. The summed E-state index contributed by atoms with van der Waals surface area (Å²) in [6, 6.07) is 3.07. The number of carbonyl (C=O) groups is 2. The van der Waals surface area contributed by atoms with Crippen LogP contribution in [0.2, 0.25) is 15.5 Å². The predicted molar refractivity (Wildman–Crippen MR) is 94.4 cm³/mol. The Balaban J connectivity index is 0.000000240. The van der Waals surface area contributed by atoms with Crippen molar-refractivity contribution in [1.82, 2.24) is 9.97 Å². The van der Waals surface area contributed by atoms with Crippen molar-refractivity contribution in [2.45, 2.75) is 13.8 Å². The zero-order valence-corrected chi connectivity index (χ0v) is 15.0. The van der Waals surface area contributed by atoms with E-state index in [0.29, 0.717) is 11.1 Å². The molecule has 0 aliphatic heterocycles. The smallest absolute Gasteiger partial charge is 0.252 e. The molecule has 24 heavy (non-hydrogen) atoms. The van der Waals surface area contributed by atoms with Gasteiger partial charge in [-0.05, 0) is 37.1 Å². The number of anilines is 1. The lowest BCUT2D eigenvalue weighted by molar-refractivity contribution is 0.0991. The molecule has 0 fully saturated rings. The first-order valence-corrected chi connectivity index (χ1v) is 7.52. The van der Waals surface area contributed by atoms with Gasteiger partial charge in [-0.2, -0.15) is 0 Å². The second-order valence-corrected chi connectivity index (χ2v) is 5.81. The Morgan fingerprint density at radius 1 is 0.875 bits per heavy atom. The van der Waals surface area contributed by atoms with Crippen molar-refractivity contribution in [2.24, 2.45) is 11.5 Å². The number of rotatable bonds is 2. The molecule has 6 N–H and O–H groups in total. The molecule has 0 saturated carbocycles. The number of hydrogen-bond donors (Lipinski definition) is 3. The van der Waals surface area contributed by atoms with Crippen LogP contribution in [0.25, 0.3) is 0 Å². The monoisotopic (exact) mass is 389 g/mol. The van der Waals surface area contributed by atoms with Gasteiger partial charge in [0.15, 0.2) is 0 Å². The molecular weight excluding hydrogens is 377 g/mol. The summed E-state index contributed by atoms with van der Waals surface area (Å²) in [7, 11) is 0. The minimum atomic E-state index is -0.596. The van der Waals surface area contributed by atoms with E-state index in [9.17, 15) is 9.59 Å². The van der Waals surface area contributed by atoms with Crippen LogP contribution >= 0.6 is 34.8 Å². The first-order chi connectivity index (χ1) is 11.0. The van der Waals surface area contributed by atoms with Crippen LogP contribution in [0.4, 0.5) is 5.82 Å². The molecule has 0 radical (unpaired) electrons. The number of aryl methyl sites for hydroxylation is 2. The van der Waals surface area contributed by atoms with Crippen LogP contribution in [0.5, 0.6) is 0 Å². The standard InChI is InChI=1S/C7H6Cl2N2O.C7H8ClN3O/c2*1-3-2-4(8)11-6(9)5(3)7(10)12/h2H,1H3,(H2,10,12);2H,1H3,(H2,9,11)(H2,10,12). The molecule has 0 unspecified atom stereocenters. The average molecular weight is 391 g/mol. The van der Waals surface area contributed by atoms with Crippen molar-refractivity contribution in [3.8, 4) is 0 Å². The Morgan fingerprint density at radius 3 is 1.67 bits per heavy atom. The molecule has 2 rings (SSSR count). The van der Waals surface area contributed by atoms with Crippen molar-refractivity contribution in [3.05, 3.63) is 49.8 Å². The molecule has 2 aromatic heterocycles. The van der Waals surface area contributed by atoms with Crippen molar-refractivity contribution in [3.63, 3.8) is 0 Å². The van der Waals surface area contributed by atoms with Gasteiger partial charge in [-0.1, -0.05) is 34.8 Å². The van der Waals surface area contributed by atoms with Gasteiger partial charge in [-0.15, -0.1) is 0 Å². The van der Waals surface area contributed by atoms with Gasteiger partial charge in [0.2, 0.25) is 0 Å². The molecule has 0 atom stereocenters. The first kappa shape index (κ1) is 20.0. The summed E-state index contributed by atoms with van der Waals surface area (Å²) in [5.74, 6) is -1.11. The summed E-state index contributed by atoms with van der Waals surface area (Å²) in [5.41, 5.74) is 17.3. The van der Waals surface area contributed by atoms with E-state index in [1.807, 2.05) is 0 Å². The van der Waals surface area contributed by atoms with Gasteiger partial charge in [0.1, 0.15) is 21.3 Å². The minimum absolute atomic E-state index is 0.0486. The summed E-state index contributed by atoms with van der Waals surface area (Å²) in [5, 5.41) is 0.560. The lowest BCUT2D eigenvalue weighted by Gasteiger charge is -2.04. The lowest BCUT2D eigenvalue weighted by atomic mass is 10.1. The molecule has 2 aromatic rings. The molecule has 2 amide bonds. The van der Waals surface area contributed by atoms with Crippen molar-refractivity contribution in [2.75, 3.05) is 5.73 Å². The number of pyridine rings is 2. The number of aromatic nitrogens is 2. The van der Waals surface area contributed by atoms with Crippen LogP contribution in [-0.2, 0) is 0 Å².